The van der Waals surface area contributed by atoms with E-state index in [0.29, 0.717) is 42.7 Å². The van der Waals surface area contributed by atoms with E-state index in [1.165, 1.54) is 0 Å². The molecule has 0 spiro atoms. The Morgan fingerprint density at radius 3 is 1.93 bits per heavy atom. The molecule has 0 N–H and O–H groups in total. The average Bonchev–Trinajstić information content (AvgIpc) is 3.47. The summed E-state index contributed by atoms with van der Waals surface area (Å²) in [5, 5.41) is -0.403. The molecule has 5 nitrogen and oxygen atoms in total. The van der Waals surface area contributed by atoms with Crippen LogP contribution in [0.4, 0.5) is 0 Å². The Morgan fingerprint density at radius 2 is 1.38 bits per heavy atom. The molecule has 6 heteroatoms. The molecule has 5 rings (SSSR count). The minimum absolute atomic E-state index is 0.00896. The highest BCUT2D eigenvalue weighted by Crippen LogP contribution is 2.36. The van der Waals surface area contributed by atoms with Crippen LogP contribution >= 0.6 is 11.6 Å². The fraction of sp³-hybridized carbons (Fsp3) is 0.235. The Bertz CT molecular complexity index is 1420. The second-order valence-corrected chi connectivity index (χ2v) is 10.0. The number of aryl methyl sites for hydroxylation is 3. The molecule has 40 heavy (non-hydrogen) atoms. The van der Waals surface area contributed by atoms with Crippen LogP contribution in [0.15, 0.2) is 97.1 Å². The molecule has 0 unspecified atom stereocenters. The van der Waals surface area contributed by atoms with Gasteiger partial charge in [-0.3, -0.25) is 9.59 Å². The number of ketones is 1. The average molecular weight is 557 g/mol. The first-order valence-electron chi connectivity index (χ1n) is 13.2. The molecule has 1 saturated heterocycles. The third kappa shape index (κ3) is 7.24. The largest absolute Gasteiger partial charge is 0.497 e. The zero-order valence-corrected chi connectivity index (χ0v) is 23.7. The molecule has 0 bridgehead atoms. The first-order valence-corrected chi connectivity index (χ1v) is 13.6. The van der Waals surface area contributed by atoms with E-state index in [1.54, 1.807) is 19.2 Å². The van der Waals surface area contributed by atoms with Crippen molar-refractivity contribution in [2.45, 2.75) is 32.5 Å². The van der Waals surface area contributed by atoms with Crippen LogP contribution in [0.1, 0.15) is 55.0 Å². The first kappa shape index (κ1) is 29.2. The number of hydrogen-bond donors (Lipinski definition) is 0. The van der Waals surface area contributed by atoms with Gasteiger partial charge in [-0.25, -0.2) is 0 Å². The van der Waals surface area contributed by atoms with Crippen molar-refractivity contribution < 1.29 is 23.8 Å². The van der Waals surface area contributed by atoms with Crippen molar-refractivity contribution in [2.24, 2.45) is 0 Å². The molecule has 1 aliphatic rings. The Hall–Kier alpha value is -3.77. The van der Waals surface area contributed by atoms with Gasteiger partial charge in [0.15, 0.2) is 11.6 Å². The van der Waals surface area contributed by atoms with Gasteiger partial charge in [0.25, 0.3) is 5.24 Å². The molecular formula is C34H33ClO5. The third-order valence-electron chi connectivity index (χ3n) is 6.84. The van der Waals surface area contributed by atoms with E-state index < -0.39 is 11.0 Å². The van der Waals surface area contributed by atoms with E-state index in [4.69, 9.17) is 25.8 Å². The Balaban J connectivity index is 0.000000312. The summed E-state index contributed by atoms with van der Waals surface area (Å²) < 4.78 is 17.5. The van der Waals surface area contributed by atoms with Gasteiger partial charge >= 0.3 is 0 Å². The maximum atomic E-state index is 13.2. The summed E-state index contributed by atoms with van der Waals surface area (Å²) in [7, 11) is 1.63. The van der Waals surface area contributed by atoms with Crippen LogP contribution in [0.3, 0.4) is 0 Å². The molecule has 4 aromatic rings. The molecule has 206 valence electrons. The maximum absolute atomic E-state index is 13.2. The second-order valence-electron chi connectivity index (χ2n) is 9.67. The van der Waals surface area contributed by atoms with Gasteiger partial charge in [-0.05, 0) is 67.8 Å². The van der Waals surface area contributed by atoms with Crippen molar-refractivity contribution in [3.8, 4) is 5.75 Å². The van der Waals surface area contributed by atoms with Crippen LogP contribution in [0.2, 0.25) is 0 Å². The predicted octanol–water partition coefficient (Wildman–Crippen LogP) is 7.44. The highest BCUT2D eigenvalue weighted by molar-refractivity contribution is 6.67. The van der Waals surface area contributed by atoms with Gasteiger partial charge in [-0.1, -0.05) is 77.9 Å². The second kappa shape index (κ2) is 13.5. The van der Waals surface area contributed by atoms with Gasteiger partial charge in [0, 0.05) is 28.7 Å². The Morgan fingerprint density at radius 1 is 0.800 bits per heavy atom. The fourth-order valence-electron chi connectivity index (χ4n) is 4.57. The van der Waals surface area contributed by atoms with E-state index in [0.717, 1.165) is 28.0 Å². The molecule has 0 radical (unpaired) electrons. The van der Waals surface area contributed by atoms with Crippen LogP contribution in [0.5, 0.6) is 5.75 Å². The van der Waals surface area contributed by atoms with Crippen LogP contribution < -0.4 is 4.74 Å². The minimum Gasteiger partial charge on any atom is -0.497 e. The molecule has 0 aromatic heterocycles. The van der Waals surface area contributed by atoms with Crippen LogP contribution in [0.25, 0.3) is 0 Å². The molecule has 1 heterocycles. The number of hydrogen-bond acceptors (Lipinski definition) is 5. The van der Waals surface area contributed by atoms with E-state index in [2.05, 4.69) is 0 Å². The highest BCUT2D eigenvalue weighted by atomic mass is 35.5. The SMILES string of the molecule is COc1ccc(C(=O)c2ccc(C)cc2)c(CCC2(c3ccccc3)OCCO2)c1.Cc1ccc(C(=O)Cl)cc1. The number of ether oxygens (including phenoxy) is 3. The number of halogens is 1. The molecular weight excluding hydrogens is 524 g/mol. The molecule has 0 saturated carbocycles. The van der Waals surface area contributed by atoms with E-state index >= 15 is 0 Å². The summed E-state index contributed by atoms with van der Waals surface area (Å²) in [6.07, 6.45) is 1.23. The summed E-state index contributed by atoms with van der Waals surface area (Å²) in [6.45, 7) is 5.09. The number of methoxy groups -OCH3 is 1. The van der Waals surface area contributed by atoms with Crippen LogP contribution in [-0.4, -0.2) is 31.3 Å². The standard InChI is InChI=1S/C26H26O4.C8H7ClO/c1-19-8-10-20(11-9-19)25(27)24-13-12-23(28-2)18-21(24)14-15-26(29-16-17-30-26)22-6-4-3-5-7-22;1-6-2-4-7(5-3-6)8(9)10/h3-13,18H,14-17H2,1-2H3;2-5H,1H3. The monoisotopic (exact) mass is 556 g/mol. The number of benzene rings is 4. The van der Waals surface area contributed by atoms with Crippen molar-refractivity contribution in [3.63, 3.8) is 0 Å². The van der Waals surface area contributed by atoms with Gasteiger partial charge in [-0.15, -0.1) is 0 Å². The van der Waals surface area contributed by atoms with Crippen LogP contribution in [-0.2, 0) is 21.7 Å². The lowest BCUT2D eigenvalue weighted by Crippen LogP contribution is -2.28. The van der Waals surface area contributed by atoms with E-state index in [-0.39, 0.29) is 5.78 Å². The first-order chi connectivity index (χ1) is 19.3. The van der Waals surface area contributed by atoms with Crippen molar-refractivity contribution >= 4 is 22.6 Å². The minimum atomic E-state index is -0.783. The molecule has 0 atom stereocenters. The fourth-order valence-corrected chi connectivity index (χ4v) is 4.70. The zero-order chi connectivity index (χ0) is 28.5. The van der Waals surface area contributed by atoms with E-state index in [1.807, 2.05) is 98.8 Å². The number of carbonyl (C=O) groups is 2. The Kier molecular flexibility index (Phi) is 9.88. The van der Waals surface area contributed by atoms with Crippen molar-refractivity contribution in [1.82, 2.24) is 0 Å². The summed E-state index contributed by atoms with van der Waals surface area (Å²) in [5.41, 5.74) is 6.08. The van der Waals surface area contributed by atoms with Crippen molar-refractivity contribution in [3.05, 3.63) is 136 Å². The van der Waals surface area contributed by atoms with Crippen LogP contribution in [0, 0.1) is 13.8 Å². The smallest absolute Gasteiger partial charge is 0.252 e. The lowest BCUT2D eigenvalue weighted by molar-refractivity contribution is -0.170. The van der Waals surface area contributed by atoms with Crippen molar-refractivity contribution in [2.75, 3.05) is 20.3 Å². The van der Waals surface area contributed by atoms with Gasteiger partial charge in [0.1, 0.15) is 5.75 Å². The lowest BCUT2D eigenvalue weighted by Gasteiger charge is -2.28. The topological polar surface area (TPSA) is 61.8 Å². The van der Waals surface area contributed by atoms with Crippen molar-refractivity contribution in [1.29, 1.82) is 0 Å². The Labute approximate surface area is 240 Å². The predicted molar refractivity (Wildman–Crippen MR) is 157 cm³/mol. The zero-order valence-electron chi connectivity index (χ0n) is 23.0. The maximum Gasteiger partial charge on any atom is 0.252 e. The number of carbonyl (C=O) groups excluding carboxylic acids is 2. The lowest BCUT2D eigenvalue weighted by atomic mass is 9.92. The molecule has 0 amide bonds. The van der Waals surface area contributed by atoms with Gasteiger partial charge < -0.3 is 14.2 Å². The highest BCUT2D eigenvalue weighted by Gasteiger charge is 2.38. The summed E-state index contributed by atoms with van der Waals surface area (Å²) >= 11 is 5.22. The number of rotatable bonds is 8. The van der Waals surface area contributed by atoms with Gasteiger partial charge in [0.05, 0.1) is 20.3 Å². The normalized spacial score (nSPS) is 13.7. The quantitative estimate of drug-likeness (QED) is 0.167. The van der Waals surface area contributed by atoms with Gasteiger partial charge in [0.2, 0.25) is 0 Å². The molecule has 0 aliphatic carbocycles. The summed E-state index contributed by atoms with van der Waals surface area (Å²) in [6, 6.07) is 30.4. The third-order valence-corrected chi connectivity index (χ3v) is 7.06. The molecule has 4 aromatic carbocycles. The summed E-state index contributed by atoms with van der Waals surface area (Å²) in [5.74, 6) is -0.0451. The molecule has 1 fully saturated rings. The van der Waals surface area contributed by atoms with E-state index in [9.17, 15) is 9.59 Å². The molecule has 1 aliphatic heterocycles. The van der Waals surface area contributed by atoms with Gasteiger partial charge in [-0.2, -0.15) is 0 Å². The summed E-state index contributed by atoms with van der Waals surface area (Å²) in [4.78, 5) is 23.7.